The van der Waals surface area contributed by atoms with Gasteiger partial charge in [0.15, 0.2) is 0 Å². The first-order valence-corrected chi connectivity index (χ1v) is 12.3. The minimum absolute atomic E-state index is 0.0873. The lowest BCUT2D eigenvalue weighted by Gasteiger charge is -2.26. The molecule has 2 aromatic rings. The van der Waals surface area contributed by atoms with Gasteiger partial charge in [-0.1, -0.05) is 27.7 Å². The normalized spacial score (nSPS) is 14.4. The van der Waals surface area contributed by atoms with Crippen molar-refractivity contribution in [3.8, 4) is 0 Å². The third-order valence-corrected chi connectivity index (χ3v) is 6.48. The number of carbonyl (C=O) groups excluding carboxylic acids is 3. The highest BCUT2D eigenvalue weighted by molar-refractivity contribution is 5.98. The number of anilines is 1. The van der Waals surface area contributed by atoms with Crippen molar-refractivity contribution in [2.75, 3.05) is 31.6 Å². The summed E-state index contributed by atoms with van der Waals surface area (Å²) in [6.45, 7) is 11.8. The maximum absolute atomic E-state index is 13.1. The minimum atomic E-state index is -0.133. The highest BCUT2D eigenvalue weighted by Gasteiger charge is 2.25. The SMILES string of the molecule is Cc1cc(C(=O)N(C)CCC(NC(=O)c2cn(C)nc2C(C)C)C(C)C)ccc1N1CCNC1=O. The van der Waals surface area contributed by atoms with Gasteiger partial charge in [0.2, 0.25) is 0 Å². The van der Waals surface area contributed by atoms with Crippen molar-refractivity contribution in [1.82, 2.24) is 25.3 Å². The van der Waals surface area contributed by atoms with Crippen LogP contribution in [-0.2, 0) is 7.05 Å². The first kappa shape index (κ1) is 26.2. The molecule has 35 heavy (non-hydrogen) atoms. The number of nitrogens with zero attached hydrogens (tertiary/aromatic N) is 4. The molecule has 190 valence electrons. The van der Waals surface area contributed by atoms with Gasteiger partial charge in [-0.15, -0.1) is 0 Å². The molecule has 9 heteroatoms. The second-order valence-corrected chi connectivity index (χ2v) is 9.98. The minimum Gasteiger partial charge on any atom is -0.349 e. The molecule has 0 aliphatic carbocycles. The number of hydrogen-bond acceptors (Lipinski definition) is 4. The summed E-state index contributed by atoms with van der Waals surface area (Å²) in [6.07, 6.45) is 2.39. The van der Waals surface area contributed by atoms with Crippen LogP contribution < -0.4 is 15.5 Å². The van der Waals surface area contributed by atoms with Crippen LogP contribution in [0.5, 0.6) is 0 Å². The lowest BCUT2D eigenvalue weighted by atomic mass is 9.99. The molecule has 1 fully saturated rings. The van der Waals surface area contributed by atoms with Gasteiger partial charge in [0.25, 0.3) is 11.8 Å². The number of nitrogens with one attached hydrogen (secondary N) is 2. The predicted octanol–water partition coefficient (Wildman–Crippen LogP) is 3.30. The van der Waals surface area contributed by atoms with Crippen LogP contribution in [-0.4, -0.2) is 65.2 Å². The molecule has 3 rings (SSSR count). The molecule has 9 nitrogen and oxygen atoms in total. The second kappa shape index (κ2) is 10.9. The molecule has 0 bridgehead atoms. The zero-order chi connectivity index (χ0) is 25.9. The van der Waals surface area contributed by atoms with Gasteiger partial charge in [-0.3, -0.25) is 19.2 Å². The smallest absolute Gasteiger partial charge is 0.322 e. The molecule has 0 radical (unpaired) electrons. The summed E-state index contributed by atoms with van der Waals surface area (Å²) in [7, 11) is 3.59. The maximum Gasteiger partial charge on any atom is 0.322 e. The highest BCUT2D eigenvalue weighted by atomic mass is 16.2. The summed E-state index contributed by atoms with van der Waals surface area (Å²) in [4.78, 5) is 41.5. The van der Waals surface area contributed by atoms with E-state index in [-0.39, 0.29) is 35.7 Å². The number of rotatable bonds is 9. The molecule has 1 unspecified atom stereocenters. The van der Waals surface area contributed by atoms with E-state index in [1.165, 1.54) is 0 Å². The standard InChI is InChI=1S/C26H38N6O3/c1-16(2)21(28-24(33)20-15-31(7)29-23(20)17(3)4)10-12-30(6)25(34)19-8-9-22(18(5)14-19)32-13-11-27-26(32)35/h8-9,14-17,21H,10-13H2,1-7H3,(H,27,35)(H,28,33). The van der Waals surface area contributed by atoms with Gasteiger partial charge in [-0.25, -0.2) is 4.79 Å². The Labute approximate surface area is 207 Å². The van der Waals surface area contributed by atoms with Crippen molar-refractivity contribution in [2.24, 2.45) is 13.0 Å². The van der Waals surface area contributed by atoms with Crippen LogP contribution in [0.3, 0.4) is 0 Å². The Balaban J connectivity index is 1.63. The number of aromatic nitrogens is 2. The zero-order valence-electron chi connectivity index (χ0n) is 21.9. The third-order valence-electron chi connectivity index (χ3n) is 6.48. The molecule has 1 aliphatic heterocycles. The highest BCUT2D eigenvalue weighted by Crippen LogP contribution is 2.24. The molecule has 2 N–H and O–H groups in total. The monoisotopic (exact) mass is 482 g/mol. The Morgan fingerprint density at radius 1 is 1.23 bits per heavy atom. The fraction of sp³-hybridized carbons (Fsp3) is 0.538. The van der Waals surface area contributed by atoms with Gasteiger partial charge in [-0.2, -0.15) is 5.10 Å². The Hall–Kier alpha value is -3.36. The molecule has 1 atom stereocenters. The molecular formula is C26H38N6O3. The van der Waals surface area contributed by atoms with Gasteiger partial charge < -0.3 is 15.5 Å². The fourth-order valence-corrected chi connectivity index (χ4v) is 4.37. The largest absolute Gasteiger partial charge is 0.349 e. The average molecular weight is 483 g/mol. The number of aryl methyl sites for hydroxylation is 2. The maximum atomic E-state index is 13.1. The van der Waals surface area contributed by atoms with E-state index in [2.05, 4.69) is 29.6 Å². The zero-order valence-corrected chi connectivity index (χ0v) is 21.9. The first-order valence-electron chi connectivity index (χ1n) is 12.3. The molecule has 1 aromatic carbocycles. The van der Waals surface area contributed by atoms with Crippen molar-refractivity contribution >= 4 is 23.5 Å². The number of hydrogen-bond donors (Lipinski definition) is 2. The number of amides is 4. The van der Waals surface area contributed by atoms with Gasteiger partial charge in [0, 0.05) is 57.2 Å². The van der Waals surface area contributed by atoms with Crippen molar-refractivity contribution in [1.29, 1.82) is 0 Å². The van der Waals surface area contributed by atoms with Crippen LogP contribution in [0.25, 0.3) is 0 Å². The van der Waals surface area contributed by atoms with Crippen LogP contribution in [0, 0.1) is 12.8 Å². The summed E-state index contributed by atoms with van der Waals surface area (Å²) >= 11 is 0. The Morgan fingerprint density at radius 2 is 1.94 bits per heavy atom. The summed E-state index contributed by atoms with van der Waals surface area (Å²) in [6, 6.07) is 5.23. The van der Waals surface area contributed by atoms with Crippen LogP contribution in [0.4, 0.5) is 10.5 Å². The van der Waals surface area contributed by atoms with Crippen molar-refractivity contribution in [3.63, 3.8) is 0 Å². The lowest BCUT2D eigenvalue weighted by Crippen LogP contribution is -2.41. The Bertz CT molecular complexity index is 1090. The Kier molecular flexibility index (Phi) is 8.19. The summed E-state index contributed by atoms with van der Waals surface area (Å²) in [5.41, 5.74) is 3.66. The molecule has 1 aromatic heterocycles. The quantitative estimate of drug-likeness (QED) is 0.573. The van der Waals surface area contributed by atoms with Crippen molar-refractivity contribution in [2.45, 2.75) is 53.0 Å². The summed E-state index contributed by atoms with van der Waals surface area (Å²) < 4.78 is 1.67. The summed E-state index contributed by atoms with van der Waals surface area (Å²) in [5.74, 6) is 0.128. The number of benzene rings is 1. The summed E-state index contributed by atoms with van der Waals surface area (Å²) in [5, 5.41) is 10.4. The van der Waals surface area contributed by atoms with E-state index in [1.54, 1.807) is 33.8 Å². The molecule has 1 saturated heterocycles. The van der Waals surface area contributed by atoms with E-state index >= 15 is 0 Å². The number of urea groups is 1. The van der Waals surface area contributed by atoms with E-state index in [1.807, 2.05) is 40.0 Å². The van der Waals surface area contributed by atoms with E-state index in [0.29, 0.717) is 37.2 Å². The first-order chi connectivity index (χ1) is 16.5. The van der Waals surface area contributed by atoms with Crippen molar-refractivity contribution in [3.05, 3.63) is 46.8 Å². The van der Waals surface area contributed by atoms with Crippen LogP contribution in [0.15, 0.2) is 24.4 Å². The van der Waals surface area contributed by atoms with E-state index in [9.17, 15) is 14.4 Å². The average Bonchev–Trinajstić information content (AvgIpc) is 3.41. The molecule has 1 aliphatic rings. The predicted molar refractivity (Wildman–Crippen MR) is 137 cm³/mol. The third kappa shape index (κ3) is 6.01. The fourth-order valence-electron chi connectivity index (χ4n) is 4.37. The van der Waals surface area contributed by atoms with Crippen LogP contribution in [0.1, 0.15) is 72.0 Å². The van der Waals surface area contributed by atoms with Crippen molar-refractivity contribution < 1.29 is 14.4 Å². The van der Waals surface area contributed by atoms with E-state index in [4.69, 9.17) is 0 Å². The van der Waals surface area contributed by atoms with E-state index in [0.717, 1.165) is 16.9 Å². The van der Waals surface area contributed by atoms with Gasteiger partial charge in [0.05, 0.1) is 11.3 Å². The number of carbonyl (C=O) groups is 3. The van der Waals surface area contributed by atoms with Crippen LogP contribution >= 0.6 is 0 Å². The van der Waals surface area contributed by atoms with Gasteiger partial charge in [0.1, 0.15) is 0 Å². The topological polar surface area (TPSA) is 99.6 Å². The molecule has 2 heterocycles. The molecular weight excluding hydrogens is 444 g/mol. The van der Waals surface area contributed by atoms with Gasteiger partial charge in [-0.05, 0) is 48.9 Å². The molecule has 0 spiro atoms. The molecule has 0 saturated carbocycles. The van der Waals surface area contributed by atoms with E-state index < -0.39 is 0 Å². The molecule has 4 amide bonds. The Morgan fingerprint density at radius 3 is 2.51 bits per heavy atom. The second-order valence-electron chi connectivity index (χ2n) is 9.98. The van der Waals surface area contributed by atoms with Crippen LogP contribution in [0.2, 0.25) is 0 Å². The van der Waals surface area contributed by atoms with Gasteiger partial charge >= 0.3 is 6.03 Å². The lowest BCUT2D eigenvalue weighted by molar-refractivity contribution is 0.0784.